The monoisotopic (exact) mass is 275 g/mol. The molecule has 2 aliphatic heterocycles. The number of rotatable bonds is 2. The molecule has 0 aliphatic carbocycles. The zero-order chi connectivity index (χ0) is 14.1. The van der Waals surface area contributed by atoms with Crippen molar-refractivity contribution in [2.24, 2.45) is 5.73 Å². The molecule has 108 valence electrons. The van der Waals surface area contributed by atoms with E-state index in [4.69, 9.17) is 11.5 Å². The first kappa shape index (κ1) is 13.2. The van der Waals surface area contributed by atoms with Crippen LogP contribution < -0.4 is 16.4 Å². The van der Waals surface area contributed by atoms with E-state index >= 15 is 0 Å². The van der Waals surface area contributed by atoms with Crippen LogP contribution in [0.1, 0.15) is 29.8 Å². The van der Waals surface area contributed by atoms with Crippen molar-refractivity contribution in [3.8, 4) is 0 Å². The summed E-state index contributed by atoms with van der Waals surface area (Å²) in [6, 6.07) is 3.88. The summed E-state index contributed by atoms with van der Waals surface area (Å²) in [5.74, 6) is 0.189. The van der Waals surface area contributed by atoms with E-state index in [1.807, 2.05) is 0 Å². The minimum Gasteiger partial charge on any atom is -0.396 e. The molecule has 2 aliphatic rings. The van der Waals surface area contributed by atoms with Crippen molar-refractivity contribution in [3.63, 3.8) is 0 Å². The van der Waals surface area contributed by atoms with Crippen LogP contribution in [-0.2, 0) is 0 Å². The van der Waals surface area contributed by atoms with Crippen molar-refractivity contribution in [2.45, 2.75) is 25.3 Å². The van der Waals surface area contributed by atoms with Gasteiger partial charge in [-0.1, -0.05) is 6.42 Å². The number of nitrogen functional groups attached to an aromatic ring is 1. The molecule has 1 atom stereocenters. The summed E-state index contributed by atoms with van der Waals surface area (Å²) in [7, 11) is 0. The van der Waals surface area contributed by atoms with Gasteiger partial charge in [-0.15, -0.1) is 0 Å². The number of aromatic nitrogens is 1. The molecule has 2 fully saturated rings. The number of nitrogens with two attached hydrogens (primary N) is 2. The number of amides is 1. The third kappa shape index (κ3) is 2.43. The van der Waals surface area contributed by atoms with E-state index < -0.39 is 5.91 Å². The zero-order valence-corrected chi connectivity index (χ0v) is 11.6. The van der Waals surface area contributed by atoms with Crippen LogP contribution in [0, 0.1) is 0 Å². The lowest BCUT2D eigenvalue weighted by Crippen LogP contribution is -2.55. The van der Waals surface area contributed by atoms with Crippen molar-refractivity contribution >= 4 is 17.4 Å². The second-order valence-corrected chi connectivity index (χ2v) is 5.61. The first-order valence-corrected chi connectivity index (χ1v) is 7.20. The fraction of sp³-hybridized carbons (Fsp3) is 0.571. The van der Waals surface area contributed by atoms with Gasteiger partial charge >= 0.3 is 0 Å². The number of piperidine rings is 1. The summed E-state index contributed by atoms with van der Waals surface area (Å²) in [5, 5.41) is 0. The van der Waals surface area contributed by atoms with Crippen molar-refractivity contribution in [1.29, 1.82) is 0 Å². The number of fused-ring (bicyclic) bond motifs is 1. The Morgan fingerprint density at radius 3 is 2.90 bits per heavy atom. The van der Waals surface area contributed by atoms with E-state index in [0.29, 0.717) is 17.5 Å². The molecule has 0 spiro atoms. The molecule has 6 nitrogen and oxygen atoms in total. The van der Waals surface area contributed by atoms with Crippen molar-refractivity contribution in [3.05, 3.63) is 17.8 Å². The van der Waals surface area contributed by atoms with Crippen LogP contribution in [0.15, 0.2) is 12.1 Å². The van der Waals surface area contributed by atoms with Gasteiger partial charge in [0.05, 0.1) is 5.69 Å². The average molecular weight is 275 g/mol. The Bertz CT molecular complexity index is 518. The van der Waals surface area contributed by atoms with Crippen molar-refractivity contribution < 1.29 is 4.79 Å². The predicted octanol–water partition coefficient (Wildman–Crippen LogP) is 0.437. The number of hydrogen-bond acceptors (Lipinski definition) is 5. The van der Waals surface area contributed by atoms with Gasteiger partial charge in [0.15, 0.2) is 5.82 Å². The molecule has 1 unspecified atom stereocenters. The minimum absolute atomic E-state index is 0.278. The molecule has 4 N–H and O–H groups in total. The second kappa shape index (κ2) is 5.28. The van der Waals surface area contributed by atoms with Gasteiger partial charge in [0.25, 0.3) is 5.91 Å². The molecule has 2 saturated heterocycles. The van der Waals surface area contributed by atoms with E-state index in [9.17, 15) is 4.79 Å². The largest absolute Gasteiger partial charge is 0.396 e. The zero-order valence-electron chi connectivity index (χ0n) is 11.6. The minimum atomic E-state index is -0.512. The Morgan fingerprint density at radius 2 is 2.10 bits per heavy atom. The molecule has 3 rings (SSSR count). The van der Waals surface area contributed by atoms with Gasteiger partial charge in [0, 0.05) is 25.7 Å². The number of carbonyl (C=O) groups excluding carboxylic acids is 1. The number of piperazine rings is 1. The maximum absolute atomic E-state index is 11.3. The fourth-order valence-corrected chi connectivity index (χ4v) is 3.20. The summed E-state index contributed by atoms with van der Waals surface area (Å²) in [5.41, 5.74) is 12.2. The quantitative estimate of drug-likeness (QED) is 0.817. The number of primary amides is 1. The lowest BCUT2D eigenvalue weighted by atomic mass is 9.99. The number of pyridine rings is 1. The normalized spacial score (nSPS) is 23.4. The van der Waals surface area contributed by atoms with Crippen LogP contribution in [0.4, 0.5) is 11.5 Å². The maximum Gasteiger partial charge on any atom is 0.267 e. The predicted molar refractivity (Wildman–Crippen MR) is 78.6 cm³/mol. The summed E-state index contributed by atoms with van der Waals surface area (Å²) >= 11 is 0. The summed E-state index contributed by atoms with van der Waals surface area (Å²) in [6.07, 6.45) is 3.82. The lowest BCUT2D eigenvalue weighted by Gasteiger charge is -2.44. The third-order valence-corrected chi connectivity index (χ3v) is 4.29. The SMILES string of the molecule is NC(=O)c1ccc(N)c(N2CCN3CCCCC3C2)n1. The Morgan fingerprint density at radius 1 is 1.25 bits per heavy atom. The highest BCUT2D eigenvalue weighted by molar-refractivity contribution is 5.91. The highest BCUT2D eigenvalue weighted by atomic mass is 16.1. The molecule has 1 aromatic rings. The molecule has 6 heteroatoms. The first-order chi connectivity index (χ1) is 9.65. The standard InChI is InChI=1S/C14H21N5O/c15-11-4-5-12(13(16)20)17-14(11)19-8-7-18-6-2-1-3-10(18)9-19/h4-5,10H,1-3,6-9,15H2,(H2,16,20). The van der Waals surface area contributed by atoms with Gasteiger partial charge in [0.1, 0.15) is 5.69 Å². The number of hydrogen-bond donors (Lipinski definition) is 2. The van der Waals surface area contributed by atoms with E-state index in [-0.39, 0.29) is 5.69 Å². The molecule has 0 radical (unpaired) electrons. The smallest absolute Gasteiger partial charge is 0.267 e. The molecular weight excluding hydrogens is 254 g/mol. The third-order valence-electron chi connectivity index (χ3n) is 4.29. The molecule has 20 heavy (non-hydrogen) atoms. The van der Waals surface area contributed by atoms with Crippen LogP contribution in [0.3, 0.4) is 0 Å². The molecule has 3 heterocycles. The van der Waals surface area contributed by atoms with E-state index in [2.05, 4.69) is 14.8 Å². The van der Waals surface area contributed by atoms with Gasteiger partial charge in [-0.05, 0) is 31.5 Å². The van der Waals surface area contributed by atoms with Crippen LogP contribution in [0.25, 0.3) is 0 Å². The van der Waals surface area contributed by atoms with Crippen LogP contribution in [0.2, 0.25) is 0 Å². The fourth-order valence-electron chi connectivity index (χ4n) is 3.20. The van der Waals surface area contributed by atoms with Gasteiger partial charge in [-0.25, -0.2) is 4.98 Å². The Labute approximate surface area is 118 Å². The average Bonchev–Trinajstić information content (AvgIpc) is 2.47. The van der Waals surface area contributed by atoms with Gasteiger partial charge in [0.2, 0.25) is 0 Å². The Hall–Kier alpha value is -1.82. The van der Waals surface area contributed by atoms with Gasteiger partial charge in [-0.3, -0.25) is 9.69 Å². The molecule has 1 aromatic heterocycles. The van der Waals surface area contributed by atoms with Crippen LogP contribution in [-0.4, -0.2) is 48.0 Å². The maximum atomic E-state index is 11.3. The highest BCUT2D eigenvalue weighted by Gasteiger charge is 2.30. The van der Waals surface area contributed by atoms with E-state index in [1.165, 1.54) is 25.8 Å². The summed E-state index contributed by atoms with van der Waals surface area (Å²) < 4.78 is 0. The molecule has 1 amide bonds. The number of carbonyl (C=O) groups is 1. The van der Waals surface area contributed by atoms with E-state index in [1.54, 1.807) is 12.1 Å². The molecular formula is C14H21N5O. The number of nitrogens with zero attached hydrogens (tertiary/aromatic N) is 3. The van der Waals surface area contributed by atoms with Crippen LogP contribution >= 0.6 is 0 Å². The van der Waals surface area contributed by atoms with Gasteiger partial charge in [-0.2, -0.15) is 0 Å². The molecule has 0 aromatic carbocycles. The Kier molecular flexibility index (Phi) is 3.48. The first-order valence-electron chi connectivity index (χ1n) is 7.20. The topological polar surface area (TPSA) is 88.5 Å². The summed E-state index contributed by atoms with van der Waals surface area (Å²) in [4.78, 5) is 20.3. The van der Waals surface area contributed by atoms with Crippen molar-refractivity contribution in [1.82, 2.24) is 9.88 Å². The van der Waals surface area contributed by atoms with Crippen molar-refractivity contribution in [2.75, 3.05) is 36.8 Å². The number of anilines is 2. The molecule has 0 saturated carbocycles. The van der Waals surface area contributed by atoms with E-state index in [0.717, 1.165) is 19.6 Å². The second-order valence-electron chi connectivity index (χ2n) is 5.61. The highest BCUT2D eigenvalue weighted by Crippen LogP contribution is 2.27. The van der Waals surface area contributed by atoms with Gasteiger partial charge < -0.3 is 16.4 Å². The molecule has 0 bridgehead atoms. The summed E-state index contributed by atoms with van der Waals surface area (Å²) in [6.45, 7) is 4.06. The van der Waals surface area contributed by atoms with Crippen LogP contribution in [0.5, 0.6) is 0 Å². The lowest BCUT2D eigenvalue weighted by molar-refractivity contribution is 0.0995. The Balaban J connectivity index is 1.82.